The average Bonchev–Trinajstić information content (AvgIpc) is 3.02. The van der Waals surface area contributed by atoms with Crippen LogP contribution < -0.4 is 4.90 Å². The van der Waals surface area contributed by atoms with Crippen LogP contribution in [0.5, 0.6) is 0 Å². The zero-order chi connectivity index (χ0) is 21.3. The Bertz CT molecular complexity index is 1130. The van der Waals surface area contributed by atoms with Gasteiger partial charge < -0.3 is 9.47 Å². The topological polar surface area (TPSA) is 58.4 Å². The van der Waals surface area contributed by atoms with Crippen LogP contribution >= 0.6 is 11.6 Å². The fourth-order valence-corrected chi connectivity index (χ4v) is 5.30. The SMILES string of the molecule is Cn1cncc1CN1C[C@@H](Cc2ccccc2)N(S(C)(=O)=O)Cc2cc(Cl)ccc21. The van der Waals surface area contributed by atoms with Gasteiger partial charge in [-0.2, -0.15) is 4.31 Å². The average molecular weight is 445 g/mol. The Hall–Kier alpha value is -2.35. The van der Waals surface area contributed by atoms with Crippen LogP contribution in [0.2, 0.25) is 5.02 Å². The van der Waals surface area contributed by atoms with Crippen LogP contribution in [0.3, 0.4) is 0 Å². The smallest absolute Gasteiger partial charge is 0.211 e. The van der Waals surface area contributed by atoms with Crippen LogP contribution in [-0.2, 0) is 36.6 Å². The minimum atomic E-state index is -3.42. The van der Waals surface area contributed by atoms with Crippen molar-refractivity contribution in [3.05, 3.63) is 82.9 Å². The number of fused-ring (bicyclic) bond motifs is 1. The Morgan fingerprint density at radius 1 is 1.17 bits per heavy atom. The van der Waals surface area contributed by atoms with Crippen LogP contribution in [0.15, 0.2) is 61.1 Å². The van der Waals surface area contributed by atoms with E-state index in [1.165, 1.54) is 6.26 Å². The Balaban J connectivity index is 1.77. The molecule has 2 heterocycles. The van der Waals surface area contributed by atoms with Crippen molar-refractivity contribution in [2.24, 2.45) is 7.05 Å². The Morgan fingerprint density at radius 3 is 2.60 bits per heavy atom. The van der Waals surface area contributed by atoms with Gasteiger partial charge in [-0.15, -0.1) is 0 Å². The standard InChI is InChI=1S/C22H25ClN4O2S/c1-25-16-24-12-21(25)15-26-14-20(10-17-6-4-3-5-7-17)27(30(2,28)29)13-18-11-19(23)8-9-22(18)26/h3-9,11-12,16,20H,10,13-15H2,1-2H3/t20-/m1/s1. The lowest BCUT2D eigenvalue weighted by Gasteiger charge is -2.31. The number of benzene rings is 2. The first-order chi connectivity index (χ1) is 14.3. The zero-order valence-electron chi connectivity index (χ0n) is 17.1. The lowest BCUT2D eigenvalue weighted by Crippen LogP contribution is -2.45. The lowest BCUT2D eigenvalue weighted by molar-refractivity contribution is 0.320. The quantitative estimate of drug-likeness (QED) is 0.604. The molecule has 3 aromatic rings. The molecule has 30 heavy (non-hydrogen) atoms. The monoisotopic (exact) mass is 444 g/mol. The molecule has 0 aliphatic carbocycles. The molecule has 2 aromatic carbocycles. The van der Waals surface area contributed by atoms with E-state index in [1.807, 2.05) is 66.3 Å². The molecule has 0 unspecified atom stereocenters. The molecule has 1 aliphatic rings. The van der Waals surface area contributed by atoms with E-state index in [2.05, 4.69) is 9.88 Å². The highest BCUT2D eigenvalue weighted by atomic mass is 35.5. The molecule has 0 fully saturated rings. The summed E-state index contributed by atoms with van der Waals surface area (Å²) in [7, 11) is -1.46. The number of imidazole rings is 1. The van der Waals surface area contributed by atoms with Gasteiger partial charge in [0, 0.05) is 43.1 Å². The highest BCUT2D eigenvalue weighted by Crippen LogP contribution is 2.32. The van der Waals surface area contributed by atoms with E-state index in [9.17, 15) is 8.42 Å². The second-order valence-corrected chi connectivity index (χ2v) is 10.2. The molecular formula is C22H25ClN4O2S. The van der Waals surface area contributed by atoms with E-state index in [4.69, 9.17) is 11.6 Å². The Labute approximate surface area is 182 Å². The summed E-state index contributed by atoms with van der Waals surface area (Å²) in [5.74, 6) is 0. The third-order valence-corrected chi connectivity index (χ3v) is 7.07. The molecule has 0 bridgehead atoms. The first-order valence-corrected chi connectivity index (χ1v) is 12.0. The van der Waals surface area contributed by atoms with Crippen molar-refractivity contribution < 1.29 is 8.42 Å². The maximum Gasteiger partial charge on any atom is 0.211 e. The summed E-state index contributed by atoms with van der Waals surface area (Å²) in [4.78, 5) is 6.47. The van der Waals surface area contributed by atoms with Crippen LogP contribution in [0.1, 0.15) is 16.8 Å². The lowest BCUT2D eigenvalue weighted by atomic mass is 10.1. The number of rotatable bonds is 5. The summed E-state index contributed by atoms with van der Waals surface area (Å²) in [6.45, 7) is 1.50. The highest BCUT2D eigenvalue weighted by Gasteiger charge is 2.33. The molecule has 0 N–H and O–H groups in total. The van der Waals surface area contributed by atoms with Crippen molar-refractivity contribution in [3.8, 4) is 0 Å². The van der Waals surface area contributed by atoms with Crippen LogP contribution in [-0.4, -0.2) is 41.1 Å². The van der Waals surface area contributed by atoms with Crippen molar-refractivity contribution in [2.75, 3.05) is 17.7 Å². The van der Waals surface area contributed by atoms with Crippen molar-refractivity contribution in [2.45, 2.75) is 25.6 Å². The number of aryl methyl sites for hydroxylation is 1. The van der Waals surface area contributed by atoms with E-state index < -0.39 is 10.0 Å². The molecule has 1 aliphatic heterocycles. The van der Waals surface area contributed by atoms with Crippen molar-refractivity contribution in [3.63, 3.8) is 0 Å². The van der Waals surface area contributed by atoms with Crippen molar-refractivity contribution in [1.29, 1.82) is 0 Å². The molecule has 0 radical (unpaired) electrons. The Morgan fingerprint density at radius 2 is 1.93 bits per heavy atom. The van der Waals surface area contributed by atoms with Crippen LogP contribution in [0, 0.1) is 0 Å². The molecule has 0 spiro atoms. The second kappa shape index (κ2) is 8.41. The number of halogens is 1. The normalized spacial score (nSPS) is 17.6. The molecule has 6 nitrogen and oxygen atoms in total. The number of hydrogen-bond acceptors (Lipinski definition) is 4. The van der Waals surface area contributed by atoms with E-state index in [0.29, 0.717) is 31.1 Å². The van der Waals surface area contributed by atoms with Gasteiger partial charge in [0.2, 0.25) is 10.0 Å². The minimum Gasteiger partial charge on any atom is -0.364 e. The molecule has 1 aromatic heterocycles. The molecule has 1 atom stereocenters. The first kappa shape index (κ1) is 20.9. The van der Waals surface area contributed by atoms with E-state index in [1.54, 1.807) is 10.6 Å². The fourth-order valence-electron chi connectivity index (χ4n) is 4.05. The largest absolute Gasteiger partial charge is 0.364 e. The first-order valence-electron chi connectivity index (χ1n) is 9.80. The summed E-state index contributed by atoms with van der Waals surface area (Å²) in [6.07, 6.45) is 5.55. The molecule has 4 rings (SSSR count). The van der Waals surface area contributed by atoms with Gasteiger partial charge in [-0.05, 0) is 35.7 Å². The summed E-state index contributed by atoms with van der Waals surface area (Å²) in [5, 5.41) is 0.601. The Kier molecular flexibility index (Phi) is 5.86. The van der Waals surface area contributed by atoms with Gasteiger partial charge >= 0.3 is 0 Å². The minimum absolute atomic E-state index is 0.207. The maximum absolute atomic E-state index is 12.8. The third kappa shape index (κ3) is 4.53. The van der Waals surface area contributed by atoms with Gasteiger partial charge in [-0.25, -0.2) is 13.4 Å². The summed E-state index contributed by atoms with van der Waals surface area (Å²) in [5.41, 5.74) is 4.08. The maximum atomic E-state index is 12.8. The third-order valence-electron chi connectivity index (χ3n) is 5.56. The number of hydrogen-bond donors (Lipinski definition) is 0. The second-order valence-electron chi connectivity index (χ2n) is 7.80. The van der Waals surface area contributed by atoms with Gasteiger partial charge in [-0.1, -0.05) is 41.9 Å². The predicted molar refractivity (Wildman–Crippen MR) is 120 cm³/mol. The van der Waals surface area contributed by atoms with E-state index in [-0.39, 0.29) is 6.04 Å². The molecule has 0 amide bonds. The van der Waals surface area contributed by atoms with Gasteiger partial charge in [0.25, 0.3) is 0 Å². The predicted octanol–water partition coefficient (Wildman–Crippen LogP) is 3.47. The van der Waals surface area contributed by atoms with Gasteiger partial charge in [0.1, 0.15) is 0 Å². The summed E-state index contributed by atoms with van der Waals surface area (Å²) in [6, 6.07) is 15.5. The molecular weight excluding hydrogens is 420 g/mol. The number of aromatic nitrogens is 2. The van der Waals surface area contributed by atoms with Crippen LogP contribution in [0.25, 0.3) is 0 Å². The van der Waals surface area contributed by atoms with E-state index in [0.717, 1.165) is 22.5 Å². The van der Waals surface area contributed by atoms with Crippen molar-refractivity contribution >= 4 is 27.3 Å². The zero-order valence-corrected chi connectivity index (χ0v) is 18.6. The number of anilines is 1. The highest BCUT2D eigenvalue weighted by molar-refractivity contribution is 7.88. The van der Waals surface area contributed by atoms with Gasteiger partial charge in [-0.3, -0.25) is 0 Å². The molecule has 0 saturated heterocycles. The number of sulfonamides is 1. The molecule has 8 heteroatoms. The van der Waals surface area contributed by atoms with Gasteiger partial charge in [0.05, 0.1) is 24.8 Å². The molecule has 158 valence electrons. The van der Waals surface area contributed by atoms with Crippen molar-refractivity contribution in [1.82, 2.24) is 13.9 Å². The van der Waals surface area contributed by atoms with E-state index >= 15 is 0 Å². The molecule has 0 saturated carbocycles. The summed E-state index contributed by atoms with van der Waals surface area (Å²) < 4.78 is 29.1. The fraction of sp³-hybridized carbons (Fsp3) is 0.318. The summed E-state index contributed by atoms with van der Waals surface area (Å²) >= 11 is 6.27. The van der Waals surface area contributed by atoms with Crippen LogP contribution in [0.4, 0.5) is 5.69 Å². The number of nitrogens with zero attached hydrogens (tertiary/aromatic N) is 4. The van der Waals surface area contributed by atoms with Gasteiger partial charge in [0.15, 0.2) is 0 Å².